The number of carbonyl (C=O) groups excluding carboxylic acids is 2. The van der Waals surface area contributed by atoms with Gasteiger partial charge in [-0.05, 0) is 22.3 Å². The summed E-state index contributed by atoms with van der Waals surface area (Å²) in [5.41, 5.74) is 4.22. The number of aliphatic carboxylic acids is 1. The lowest BCUT2D eigenvalue weighted by Crippen LogP contribution is -2.50. The third-order valence-corrected chi connectivity index (χ3v) is 4.84. The molecule has 0 aromatic heterocycles. The summed E-state index contributed by atoms with van der Waals surface area (Å²) in [6, 6.07) is 12.6. The second-order valence-corrected chi connectivity index (χ2v) is 6.93. The van der Waals surface area contributed by atoms with Crippen LogP contribution < -0.4 is 10.6 Å². The zero-order valence-electron chi connectivity index (χ0n) is 16.6. The van der Waals surface area contributed by atoms with Gasteiger partial charge in [0.25, 0.3) is 0 Å². The lowest BCUT2D eigenvalue weighted by Gasteiger charge is -2.16. The van der Waals surface area contributed by atoms with Crippen molar-refractivity contribution in [2.45, 2.75) is 18.1 Å². The van der Waals surface area contributed by atoms with Gasteiger partial charge < -0.3 is 20.5 Å². The molecule has 3 rings (SSSR count). The summed E-state index contributed by atoms with van der Waals surface area (Å²) in [5.74, 6) is -3.62. The molecule has 1 aliphatic rings. The Hall–Kier alpha value is -3.82. The SMILES string of the molecule is O=C(/C=C/CNC(=O)OCC1c2ccccc2-c2ccccc21)NC(C(=O)O)C(F)(F)F. The van der Waals surface area contributed by atoms with Crippen LogP contribution in [0.15, 0.2) is 60.7 Å². The fraction of sp³-hybridized carbons (Fsp3) is 0.227. The molecule has 10 heteroatoms. The molecule has 2 amide bonds. The van der Waals surface area contributed by atoms with Crippen LogP contribution in [0.4, 0.5) is 18.0 Å². The van der Waals surface area contributed by atoms with Gasteiger partial charge in [0, 0.05) is 18.5 Å². The predicted molar refractivity (Wildman–Crippen MR) is 108 cm³/mol. The molecule has 0 spiro atoms. The number of halogens is 3. The number of alkyl halides is 3. The Morgan fingerprint density at radius 3 is 2.12 bits per heavy atom. The smallest absolute Gasteiger partial charge is 0.419 e. The van der Waals surface area contributed by atoms with Crippen LogP contribution in [0.3, 0.4) is 0 Å². The van der Waals surface area contributed by atoms with E-state index in [1.54, 1.807) is 0 Å². The van der Waals surface area contributed by atoms with Crippen LogP contribution in [0.2, 0.25) is 0 Å². The van der Waals surface area contributed by atoms with Gasteiger partial charge in [0.1, 0.15) is 6.61 Å². The Kier molecular flexibility index (Phi) is 6.82. The quantitative estimate of drug-likeness (QED) is 0.565. The molecule has 1 atom stereocenters. The molecular formula is C22H19F3N2O5. The average Bonchev–Trinajstić information content (AvgIpc) is 3.06. The monoisotopic (exact) mass is 448 g/mol. The summed E-state index contributed by atoms with van der Waals surface area (Å²) in [4.78, 5) is 34.1. The number of alkyl carbamates (subject to hydrolysis) is 1. The van der Waals surface area contributed by atoms with Gasteiger partial charge in [0.15, 0.2) is 0 Å². The van der Waals surface area contributed by atoms with E-state index in [4.69, 9.17) is 9.84 Å². The summed E-state index contributed by atoms with van der Waals surface area (Å²) in [6.45, 7) is -0.121. The first kappa shape index (κ1) is 22.9. The third kappa shape index (κ3) is 5.26. The van der Waals surface area contributed by atoms with Crippen LogP contribution in [-0.4, -0.2) is 48.4 Å². The number of carboxylic acid groups (broad SMARTS) is 1. The molecule has 0 aliphatic heterocycles. The van der Waals surface area contributed by atoms with Crippen molar-refractivity contribution in [2.24, 2.45) is 0 Å². The normalized spacial score (nSPS) is 13.8. The molecule has 0 saturated carbocycles. The fourth-order valence-corrected chi connectivity index (χ4v) is 3.43. The van der Waals surface area contributed by atoms with Crippen molar-refractivity contribution in [3.05, 3.63) is 71.8 Å². The minimum atomic E-state index is -5.13. The number of carbonyl (C=O) groups is 3. The molecule has 32 heavy (non-hydrogen) atoms. The molecule has 2 aromatic carbocycles. The molecule has 0 bridgehead atoms. The number of fused-ring (bicyclic) bond motifs is 3. The first-order chi connectivity index (χ1) is 15.2. The molecule has 0 saturated heterocycles. The fourth-order valence-electron chi connectivity index (χ4n) is 3.43. The first-order valence-electron chi connectivity index (χ1n) is 9.54. The first-order valence-corrected chi connectivity index (χ1v) is 9.54. The number of carboxylic acids is 1. The number of ether oxygens (including phenoxy) is 1. The Morgan fingerprint density at radius 1 is 1.03 bits per heavy atom. The van der Waals surface area contributed by atoms with E-state index >= 15 is 0 Å². The van der Waals surface area contributed by atoms with Crippen molar-refractivity contribution < 1.29 is 37.4 Å². The highest BCUT2D eigenvalue weighted by molar-refractivity contribution is 5.91. The highest BCUT2D eigenvalue weighted by Crippen LogP contribution is 2.44. The number of hydrogen-bond donors (Lipinski definition) is 3. The van der Waals surface area contributed by atoms with Crippen LogP contribution in [-0.2, 0) is 14.3 Å². The number of hydrogen-bond acceptors (Lipinski definition) is 4. The minimum Gasteiger partial charge on any atom is -0.479 e. The predicted octanol–water partition coefficient (Wildman–Crippen LogP) is 3.21. The van der Waals surface area contributed by atoms with E-state index in [1.165, 1.54) is 5.32 Å². The minimum absolute atomic E-state index is 0.0793. The standard InChI is InChI=1S/C22H19F3N2O5/c23-22(24,25)19(20(29)30)27-18(28)10-5-11-26-21(31)32-12-17-15-8-3-1-6-13(15)14-7-2-4-9-16(14)17/h1-10,17,19H,11-12H2,(H,26,31)(H,27,28)(H,29,30)/b10-5+. The number of benzene rings is 2. The van der Waals surface area contributed by atoms with Crippen molar-refractivity contribution >= 4 is 18.0 Å². The Labute approximate surface area is 180 Å². The maximum atomic E-state index is 12.5. The maximum Gasteiger partial charge on any atom is 0.419 e. The molecule has 0 heterocycles. The van der Waals surface area contributed by atoms with Crippen molar-refractivity contribution in [3.8, 4) is 11.1 Å². The lowest BCUT2D eigenvalue weighted by atomic mass is 9.98. The topological polar surface area (TPSA) is 105 Å². The van der Waals surface area contributed by atoms with Crippen molar-refractivity contribution in [3.63, 3.8) is 0 Å². The molecule has 1 aliphatic carbocycles. The Bertz CT molecular complexity index is 1010. The summed E-state index contributed by atoms with van der Waals surface area (Å²) >= 11 is 0. The van der Waals surface area contributed by atoms with E-state index in [2.05, 4.69) is 5.32 Å². The van der Waals surface area contributed by atoms with E-state index in [0.29, 0.717) is 6.08 Å². The summed E-state index contributed by atoms with van der Waals surface area (Å²) in [6.07, 6.45) is -4.12. The van der Waals surface area contributed by atoms with Crippen molar-refractivity contribution in [1.82, 2.24) is 10.6 Å². The molecule has 2 aromatic rings. The highest BCUT2D eigenvalue weighted by Gasteiger charge is 2.46. The van der Waals surface area contributed by atoms with E-state index in [9.17, 15) is 27.6 Å². The van der Waals surface area contributed by atoms with Gasteiger partial charge in [-0.1, -0.05) is 54.6 Å². The largest absolute Gasteiger partial charge is 0.479 e. The van der Waals surface area contributed by atoms with E-state index in [1.807, 2.05) is 48.5 Å². The Morgan fingerprint density at radius 2 is 1.59 bits per heavy atom. The molecule has 0 radical (unpaired) electrons. The van der Waals surface area contributed by atoms with Crippen LogP contribution >= 0.6 is 0 Å². The van der Waals surface area contributed by atoms with Gasteiger partial charge in [0.05, 0.1) is 0 Å². The van der Waals surface area contributed by atoms with E-state index in [0.717, 1.165) is 28.3 Å². The molecule has 7 nitrogen and oxygen atoms in total. The number of amides is 2. The van der Waals surface area contributed by atoms with Crippen LogP contribution in [0.5, 0.6) is 0 Å². The van der Waals surface area contributed by atoms with E-state index in [-0.39, 0.29) is 19.1 Å². The van der Waals surface area contributed by atoms with Gasteiger partial charge in [-0.2, -0.15) is 13.2 Å². The summed E-state index contributed by atoms with van der Waals surface area (Å²) < 4.78 is 42.9. The molecule has 1 unspecified atom stereocenters. The van der Waals surface area contributed by atoms with Gasteiger partial charge in [0.2, 0.25) is 11.9 Å². The van der Waals surface area contributed by atoms with Crippen LogP contribution in [0.25, 0.3) is 11.1 Å². The van der Waals surface area contributed by atoms with Crippen LogP contribution in [0.1, 0.15) is 17.0 Å². The van der Waals surface area contributed by atoms with Gasteiger partial charge in [-0.3, -0.25) is 4.79 Å². The zero-order chi connectivity index (χ0) is 23.3. The maximum absolute atomic E-state index is 12.5. The highest BCUT2D eigenvalue weighted by atomic mass is 19.4. The van der Waals surface area contributed by atoms with Crippen molar-refractivity contribution in [1.29, 1.82) is 0 Å². The van der Waals surface area contributed by atoms with Crippen LogP contribution in [0, 0.1) is 0 Å². The Balaban J connectivity index is 1.49. The van der Waals surface area contributed by atoms with E-state index < -0.39 is 30.2 Å². The second kappa shape index (κ2) is 9.54. The second-order valence-electron chi connectivity index (χ2n) is 6.93. The summed E-state index contributed by atoms with van der Waals surface area (Å²) in [7, 11) is 0. The van der Waals surface area contributed by atoms with Gasteiger partial charge in [-0.25, -0.2) is 9.59 Å². The number of rotatable bonds is 7. The third-order valence-electron chi connectivity index (χ3n) is 4.84. The molecular weight excluding hydrogens is 429 g/mol. The van der Waals surface area contributed by atoms with Gasteiger partial charge in [-0.15, -0.1) is 0 Å². The van der Waals surface area contributed by atoms with Gasteiger partial charge >= 0.3 is 18.2 Å². The molecule has 3 N–H and O–H groups in total. The summed E-state index contributed by atoms with van der Waals surface area (Å²) in [5, 5.41) is 12.2. The van der Waals surface area contributed by atoms with Crippen molar-refractivity contribution in [2.75, 3.05) is 13.2 Å². The zero-order valence-corrected chi connectivity index (χ0v) is 16.6. The number of nitrogens with one attached hydrogen (secondary N) is 2. The molecule has 0 fully saturated rings. The molecule has 168 valence electrons. The lowest BCUT2D eigenvalue weighted by molar-refractivity contribution is -0.181. The average molecular weight is 448 g/mol.